The van der Waals surface area contributed by atoms with Crippen LogP contribution in [0.25, 0.3) is 0 Å². The van der Waals surface area contributed by atoms with Crippen molar-refractivity contribution < 1.29 is 22.7 Å². The van der Waals surface area contributed by atoms with Crippen molar-refractivity contribution in [2.45, 2.75) is 24.0 Å². The standard InChI is InChI=1S/C17H25N3O5S2/c1-2-25-17(22)19-10-8-18(9-11-19)16(21)14-5-3-7-20(13-14)27(23,24)15-6-4-12-26-15/h4,6,12,14H,2-3,5,7-11,13H2,1H3/t14-/m1/s1. The van der Waals surface area contributed by atoms with Crippen molar-refractivity contribution >= 4 is 33.4 Å². The maximum absolute atomic E-state index is 12.9. The molecular formula is C17H25N3O5S2. The van der Waals surface area contributed by atoms with E-state index in [1.807, 2.05) is 0 Å². The number of nitrogens with zero attached hydrogens (tertiary/aromatic N) is 3. The van der Waals surface area contributed by atoms with E-state index in [-0.39, 0.29) is 24.5 Å². The lowest BCUT2D eigenvalue weighted by Crippen LogP contribution is -2.54. The Morgan fingerprint density at radius 3 is 2.52 bits per heavy atom. The van der Waals surface area contributed by atoms with E-state index in [1.165, 1.54) is 15.6 Å². The van der Waals surface area contributed by atoms with Crippen molar-refractivity contribution in [2.75, 3.05) is 45.9 Å². The fourth-order valence-electron chi connectivity index (χ4n) is 3.48. The van der Waals surface area contributed by atoms with E-state index < -0.39 is 10.0 Å². The van der Waals surface area contributed by atoms with E-state index in [4.69, 9.17) is 4.74 Å². The highest BCUT2D eigenvalue weighted by Crippen LogP contribution is 2.27. The number of ether oxygens (including phenoxy) is 1. The summed E-state index contributed by atoms with van der Waals surface area (Å²) in [5.41, 5.74) is 0. The Labute approximate surface area is 163 Å². The zero-order valence-electron chi connectivity index (χ0n) is 15.4. The van der Waals surface area contributed by atoms with Crippen LogP contribution in [0.1, 0.15) is 19.8 Å². The predicted molar refractivity (Wildman–Crippen MR) is 101 cm³/mol. The van der Waals surface area contributed by atoms with Gasteiger partial charge in [0.15, 0.2) is 0 Å². The monoisotopic (exact) mass is 415 g/mol. The topological polar surface area (TPSA) is 87.2 Å². The summed E-state index contributed by atoms with van der Waals surface area (Å²) in [5, 5.41) is 1.74. The molecule has 2 amide bonds. The van der Waals surface area contributed by atoms with Crippen LogP contribution in [0.3, 0.4) is 0 Å². The van der Waals surface area contributed by atoms with Crippen LogP contribution >= 0.6 is 11.3 Å². The van der Waals surface area contributed by atoms with Crippen molar-refractivity contribution in [3.05, 3.63) is 17.5 Å². The van der Waals surface area contributed by atoms with Crippen LogP contribution in [-0.2, 0) is 19.6 Å². The lowest BCUT2D eigenvalue weighted by atomic mass is 9.98. The van der Waals surface area contributed by atoms with Gasteiger partial charge in [-0.1, -0.05) is 6.07 Å². The number of hydrogen-bond acceptors (Lipinski definition) is 6. The minimum Gasteiger partial charge on any atom is -0.450 e. The van der Waals surface area contributed by atoms with Gasteiger partial charge < -0.3 is 14.5 Å². The second kappa shape index (κ2) is 8.57. The van der Waals surface area contributed by atoms with Crippen LogP contribution in [-0.4, -0.2) is 80.4 Å². The molecule has 2 aliphatic heterocycles. The van der Waals surface area contributed by atoms with E-state index in [9.17, 15) is 18.0 Å². The lowest BCUT2D eigenvalue weighted by Gasteiger charge is -2.38. The maximum Gasteiger partial charge on any atom is 0.409 e. The molecule has 0 unspecified atom stereocenters. The number of carbonyl (C=O) groups is 2. The number of carbonyl (C=O) groups excluding carboxylic acids is 2. The number of thiophene rings is 1. The first kappa shape index (κ1) is 20.1. The molecule has 2 saturated heterocycles. The van der Waals surface area contributed by atoms with Gasteiger partial charge in [0, 0.05) is 39.3 Å². The molecule has 1 aromatic heterocycles. The van der Waals surface area contributed by atoms with Crippen LogP contribution in [0.15, 0.2) is 21.7 Å². The third kappa shape index (κ3) is 4.44. The van der Waals surface area contributed by atoms with Crippen LogP contribution in [0, 0.1) is 5.92 Å². The Bertz CT molecular complexity index is 758. The maximum atomic E-state index is 12.9. The molecule has 150 valence electrons. The number of hydrogen-bond donors (Lipinski definition) is 0. The van der Waals surface area contributed by atoms with Gasteiger partial charge in [-0.15, -0.1) is 11.3 Å². The molecule has 1 aromatic rings. The first-order valence-corrected chi connectivity index (χ1v) is 11.5. The molecule has 2 aliphatic rings. The highest BCUT2D eigenvalue weighted by molar-refractivity contribution is 7.91. The molecular weight excluding hydrogens is 390 g/mol. The second-order valence-corrected chi connectivity index (χ2v) is 9.76. The number of piperazine rings is 1. The molecule has 0 aromatic carbocycles. The van der Waals surface area contributed by atoms with Crippen molar-refractivity contribution in [3.63, 3.8) is 0 Å². The molecule has 3 rings (SSSR count). The number of sulfonamides is 1. The van der Waals surface area contributed by atoms with E-state index in [1.54, 1.807) is 34.2 Å². The summed E-state index contributed by atoms with van der Waals surface area (Å²) in [6.45, 7) is 4.53. The summed E-state index contributed by atoms with van der Waals surface area (Å²) < 4.78 is 32.2. The molecule has 10 heteroatoms. The van der Waals surface area contributed by atoms with Gasteiger partial charge in [-0.2, -0.15) is 4.31 Å². The van der Waals surface area contributed by atoms with Gasteiger partial charge in [0.2, 0.25) is 5.91 Å². The number of piperidine rings is 1. The Morgan fingerprint density at radius 1 is 1.19 bits per heavy atom. The fourth-order valence-corrected chi connectivity index (χ4v) is 6.15. The average Bonchev–Trinajstić information content (AvgIpc) is 3.23. The summed E-state index contributed by atoms with van der Waals surface area (Å²) in [4.78, 5) is 28.0. The minimum absolute atomic E-state index is 0.0235. The first-order chi connectivity index (χ1) is 12.9. The summed E-state index contributed by atoms with van der Waals surface area (Å²) in [5.74, 6) is -0.354. The van der Waals surface area contributed by atoms with Gasteiger partial charge in [0.1, 0.15) is 4.21 Å². The Morgan fingerprint density at radius 2 is 1.89 bits per heavy atom. The molecule has 0 aliphatic carbocycles. The molecule has 0 radical (unpaired) electrons. The molecule has 0 spiro atoms. The summed E-state index contributed by atoms with van der Waals surface area (Å²) in [6.07, 6.45) is 1.01. The van der Waals surface area contributed by atoms with Crippen molar-refractivity contribution in [1.82, 2.24) is 14.1 Å². The summed E-state index contributed by atoms with van der Waals surface area (Å²) in [7, 11) is -3.53. The normalized spacial score (nSPS) is 21.9. The summed E-state index contributed by atoms with van der Waals surface area (Å²) >= 11 is 1.19. The Hall–Kier alpha value is -1.65. The van der Waals surface area contributed by atoms with Crippen molar-refractivity contribution in [3.8, 4) is 0 Å². The minimum atomic E-state index is -3.53. The van der Waals surface area contributed by atoms with E-state index in [0.29, 0.717) is 56.4 Å². The number of amides is 2. The Balaban J connectivity index is 1.59. The largest absolute Gasteiger partial charge is 0.450 e. The van der Waals surface area contributed by atoms with Crippen molar-refractivity contribution in [2.24, 2.45) is 5.92 Å². The second-order valence-electron chi connectivity index (χ2n) is 6.65. The third-order valence-electron chi connectivity index (χ3n) is 4.94. The molecule has 8 nitrogen and oxygen atoms in total. The predicted octanol–water partition coefficient (Wildman–Crippen LogP) is 1.45. The van der Waals surface area contributed by atoms with Crippen molar-refractivity contribution in [1.29, 1.82) is 0 Å². The summed E-state index contributed by atoms with van der Waals surface area (Å²) in [6, 6.07) is 3.31. The van der Waals surface area contributed by atoms with E-state index in [0.717, 1.165) is 0 Å². The molecule has 0 bridgehead atoms. The van der Waals surface area contributed by atoms with Gasteiger partial charge in [0.25, 0.3) is 10.0 Å². The van der Waals surface area contributed by atoms with Gasteiger partial charge in [0.05, 0.1) is 12.5 Å². The third-order valence-corrected chi connectivity index (χ3v) is 8.18. The molecule has 27 heavy (non-hydrogen) atoms. The average molecular weight is 416 g/mol. The van der Waals surface area contributed by atoms with E-state index >= 15 is 0 Å². The lowest BCUT2D eigenvalue weighted by molar-refractivity contribution is -0.138. The fraction of sp³-hybridized carbons (Fsp3) is 0.647. The highest BCUT2D eigenvalue weighted by atomic mass is 32.2. The quantitative estimate of drug-likeness (QED) is 0.743. The van der Waals surface area contributed by atoms with Crippen LogP contribution in [0.2, 0.25) is 0 Å². The van der Waals surface area contributed by atoms with Crippen LogP contribution in [0.4, 0.5) is 4.79 Å². The SMILES string of the molecule is CCOC(=O)N1CCN(C(=O)[C@@H]2CCCN(S(=O)(=O)c3cccs3)C2)CC1. The zero-order valence-corrected chi connectivity index (χ0v) is 17.0. The van der Waals surface area contributed by atoms with Gasteiger partial charge in [-0.25, -0.2) is 13.2 Å². The molecule has 0 saturated carbocycles. The molecule has 1 atom stereocenters. The van der Waals surface area contributed by atoms with Gasteiger partial charge in [-0.3, -0.25) is 4.79 Å². The number of rotatable bonds is 4. The molecule has 3 heterocycles. The smallest absolute Gasteiger partial charge is 0.409 e. The first-order valence-electron chi connectivity index (χ1n) is 9.17. The van der Waals surface area contributed by atoms with Gasteiger partial charge in [-0.05, 0) is 31.2 Å². The zero-order chi connectivity index (χ0) is 19.4. The van der Waals surface area contributed by atoms with Gasteiger partial charge >= 0.3 is 6.09 Å². The van der Waals surface area contributed by atoms with E-state index in [2.05, 4.69) is 0 Å². The highest BCUT2D eigenvalue weighted by Gasteiger charge is 2.36. The molecule has 2 fully saturated rings. The Kier molecular flexibility index (Phi) is 6.38. The van der Waals surface area contributed by atoms with Crippen LogP contribution < -0.4 is 0 Å². The molecule has 0 N–H and O–H groups in total. The van der Waals surface area contributed by atoms with Crippen LogP contribution in [0.5, 0.6) is 0 Å².